The van der Waals surface area contributed by atoms with Crippen LogP contribution in [0.2, 0.25) is 0 Å². The van der Waals surface area contributed by atoms with E-state index in [1.165, 1.54) is 33.9 Å². The first-order chi connectivity index (χ1) is 16.8. The van der Waals surface area contributed by atoms with Gasteiger partial charge in [0.15, 0.2) is 5.71 Å². The van der Waals surface area contributed by atoms with Gasteiger partial charge in [0, 0.05) is 54.9 Å². The van der Waals surface area contributed by atoms with Crippen molar-refractivity contribution in [3.63, 3.8) is 0 Å². The molecule has 0 fully saturated rings. The average molecular weight is 470 g/mol. The van der Waals surface area contributed by atoms with Gasteiger partial charge in [-0.25, -0.2) is 0 Å². The first-order valence-electron chi connectivity index (χ1n) is 12.7. The Balaban J connectivity index is 1.51. The predicted octanol–water partition coefficient (Wildman–Crippen LogP) is 6.96. The highest BCUT2D eigenvalue weighted by atomic mass is 16.4. The molecule has 2 aromatic rings. The Labute approximate surface area is 209 Å². The lowest BCUT2D eigenvalue weighted by molar-refractivity contribution is -0.438. The summed E-state index contributed by atoms with van der Waals surface area (Å²) < 4.78 is 2.42. The van der Waals surface area contributed by atoms with Crippen LogP contribution in [0.1, 0.15) is 63.5 Å². The molecule has 0 aliphatic carbocycles. The molecule has 2 heterocycles. The number of hydrogen-bond donors (Lipinski definition) is 1. The molecule has 0 radical (unpaired) electrons. The summed E-state index contributed by atoms with van der Waals surface area (Å²) in [6, 6.07) is 17.2. The standard InChI is InChI=1S/C31H36N2O2/c1-23-24-15-10-12-18-27(24)32(4)26(23)17-7-5-8-20-29-31(2,3)25-16-11-13-19-28(25)33(29)22-14-6-9-21-30(34)35/h5,7-8,10-13,15-20,23H,6,9,14,21-22H2,1-4H3/p+1. The summed E-state index contributed by atoms with van der Waals surface area (Å²) in [5.41, 5.74) is 7.78. The number of para-hydroxylation sites is 2. The van der Waals surface area contributed by atoms with E-state index in [1.807, 2.05) is 0 Å². The molecule has 1 N–H and O–H groups in total. The van der Waals surface area contributed by atoms with Crippen LogP contribution in [0.25, 0.3) is 0 Å². The summed E-state index contributed by atoms with van der Waals surface area (Å²) in [4.78, 5) is 13.1. The van der Waals surface area contributed by atoms with E-state index in [1.54, 1.807) is 0 Å². The number of aliphatic carboxylic acids is 1. The number of anilines is 1. The maximum Gasteiger partial charge on any atom is 0.303 e. The second-order valence-electron chi connectivity index (χ2n) is 10.1. The van der Waals surface area contributed by atoms with E-state index in [9.17, 15) is 4.79 Å². The molecule has 35 heavy (non-hydrogen) atoms. The number of rotatable bonds is 9. The number of carboxylic acids is 1. The van der Waals surface area contributed by atoms with Gasteiger partial charge >= 0.3 is 5.97 Å². The van der Waals surface area contributed by atoms with E-state index in [-0.39, 0.29) is 11.8 Å². The van der Waals surface area contributed by atoms with E-state index in [0.29, 0.717) is 5.92 Å². The number of allylic oxidation sites excluding steroid dienone is 6. The topological polar surface area (TPSA) is 43.6 Å². The van der Waals surface area contributed by atoms with Gasteiger partial charge in [0.25, 0.3) is 0 Å². The summed E-state index contributed by atoms with van der Waals surface area (Å²) in [5, 5.41) is 8.91. The van der Waals surface area contributed by atoms with Crippen molar-refractivity contribution in [3.05, 3.63) is 95.7 Å². The Morgan fingerprint density at radius 2 is 1.77 bits per heavy atom. The molecule has 2 aromatic carbocycles. The molecule has 2 aliphatic heterocycles. The number of carboxylic acid groups (broad SMARTS) is 1. The smallest absolute Gasteiger partial charge is 0.303 e. The predicted molar refractivity (Wildman–Crippen MR) is 145 cm³/mol. The van der Waals surface area contributed by atoms with Crippen molar-refractivity contribution in [2.24, 2.45) is 0 Å². The van der Waals surface area contributed by atoms with Crippen LogP contribution < -0.4 is 4.90 Å². The Morgan fingerprint density at radius 1 is 1.03 bits per heavy atom. The van der Waals surface area contributed by atoms with E-state index < -0.39 is 5.97 Å². The first kappa shape index (κ1) is 24.7. The summed E-state index contributed by atoms with van der Waals surface area (Å²) in [5.74, 6) is -0.323. The van der Waals surface area contributed by atoms with Gasteiger partial charge in [0.2, 0.25) is 5.69 Å². The van der Waals surface area contributed by atoms with Crippen molar-refractivity contribution in [2.75, 3.05) is 18.5 Å². The zero-order valence-electron chi connectivity index (χ0n) is 21.4. The van der Waals surface area contributed by atoms with Gasteiger partial charge in [-0.15, -0.1) is 0 Å². The highest BCUT2D eigenvalue weighted by molar-refractivity contribution is 6.03. The van der Waals surface area contributed by atoms with Gasteiger partial charge in [-0.05, 0) is 44.4 Å². The van der Waals surface area contributed by atoms with Crippen molar-refractivity contribution in [1.82, 2.24) is 0 Å². The molecular weight excluding hydrogens is 432 g/mol. The average Bonchev–Trinajstić information content (AvgIpc) is 3.21. The second kappa shape index (κ2) is 10.5. The molecule has 0 saturated heterocycles. The van der Waals surface area contributed by atoms with Crippen molar-refractivity contribution in [1.29, 1.82) is 0 Å². The Hall–Kier alpha value is -3.40. The number of hydrogen-bond acceptors (Lipinski definition) is 2. The van der Waals surface area contributed by atoms with Crippen molar-refractivity contribution < 1.29 is 14.5 Å². The monoisotopic (exact) mass is 469 g/mol. The van der Waals surface area contributed by atoms with Crippen molar-refractivity contribution in [3.8, 4) is 0 Å². The second-order valence-corrected chi connectivity index (χ2v) is 10.1. The normalized spacial score (nSPS) is 19.8. The fraction of sp³-hybridized carbons (Fsp3) is 0.355. The molecule has 0 bridgehead atoms. The molecule has 1 unspecified atom stereocenters. The van der Waals surface area contributed by atoms with Gasteiger partial charge in [0.1, 0.15) is 6.54 Å². The zero-order chi connectivity index (χ0) is 25.0. The summed E-state index contributed by atoms with van der Waals surface area (Å²) >= 11 is 0. The summed E-state index contributed by atoms with van der Waals surface area (Å²) in [7, 11) is 2.14. The quantitative estimate of drug-likeness (QED) is 0.245. The fourth-order valence-corrected chi connectivity index (χ4v) is 5.47. The number of carbonyl (C=O) groups is 1. The number of unbranched alkanes of at least 4 members (excludes halogenated alkanes) is 2. The summed E-state index contributed by atoms with van der Waals surface area (Å²) in [6.45, 7) is 7.73. The van der Waals surface area contributed by atoms with Crippen molar-refractivity contribution >= 4 is 23.1 Å². The van der Waals surface area contributed by atoms with E-state index in [0.717, 1.165) is 25.8 Å². The molecule has 4 nitrogen and oxygen atoms in total. The first-order valence-corrected chi connectivity index (χ1v) is 12.7. The van der Waals surface area contributed by atoms with Gasteiger partial charge in [-0.3, -0.25) is 4.79 Å². The molecule has 182 valence electrons. The molecule has 2 aliphatic rings. The zero-order valence-corrected chi connectivity index (χ0v) is 21.4. The van der Waals surface area contributed by atoms with Crippen LogP contribution in [0.15, 0.2) is 84.6 Å². The maximum atomic E-state index is 10.8. The number of fused-ring (bicyclic) bond motifs is 2. The molecule has 0 amide bonds. The van der Waals surface area contributed by atoms with Crippen LogP contribution in [0.5, 0.6) is 0 Å². The lowest BCUT2D eigenvalue weighted by Crippen LogP contribution is -2.27. The largest absolute Gasteiger partial charge is 0.481 e. The third-order valence-electron chi connectivity index (χ3n) is 7.41. The molecule has 4 rings (SSSR count). The summed E-state index contributed by atoms with van der Waals surface area (Å²) in [6.07, 6.45) is 13.7. The Morgan fingerprint density at radius 3 is 2.54 bits per heavy atom. The van der Waals surface area contributed by atoms with Crippen molar-refractivity contribution in [2.45, 2.75) is 57.8 Å². The third-order valence-corrected chi connectivity index (χ3v) is 7.41. The molecule has 0 saturated carbocycles. The van der Waals surface area contributed by atoms with E-state index >= 15 is 0 Å². The van der Waals surface area contributed by atoms with Crippen LogP contribution >= 0.6 is 0 Å². The minimum absolute atomic E-state index is 0.0811. The lowest BCUT2D eigenvalue weighted by atomic mass is 9.81. The molecule has 1 atom stereocenters. The van der Waals surface area contributed by atoms with E-state index in [4.69, 9.17) is 5.11 Å². The maximum absolute atomic E-state index is 10.8. The Bertz CT molecular complexity index is 1180. The molecular formula is C31H37N2O2+. The molecule has 0 spiro atoms. The Kier molecular flexibility index (Phi) is 7.39. The number of nitrogens with zero attached hydrogens (tertiary/aromatic N) is 2. The number of likely N-dealkylation sites (N-methyl/N-ethyl adjacent to an activating group) is 1. The van der Waals surface area contributed by atoms with Crippen LogP contribution in [0.3, 0.4) is 0 Å². The number of benzene rings is 2. The molecule has 4 heteroatoms. The SMILES string of the molecule is CC1\C(=C/C=C/C=C/C2=[N+](CCCCCC(=O)O)c3ccccc3C2(C)C)N(C)c2ccccc21. The van der Waals surface area contributed by atoms with Crippen LogP contribution in [-0.2, 0) is 10.2 Å². The highest BCUT2D eigenvalue weighted by Gasteiger charge is 2.43. The van der Waals surface area contributed by atoms with Gasteiger partial charge in [-0.1, -0.05) is 61.5 Å². The van der Waals surface area contributed by atoms with Crippen LogP contribution in [0.4, 0.5) is 11.4 Å². The van der Waals surface area contributed by atoms with E-state index in [2.05, 4.69) is 116 Å². The van der Waals surface area contributed by atoms with Gasteiger partial charge in [-0.2, -0.15) is 4.58 Å². The molecule has 0 aromatic heterocycles. The highest BCUT2D eigenvalue weighted by Crippen LogP contribution is 2.42. The van der Waals surface area contributed by atoms with Crippen LogP contribution in [-0.4, -0.2) is 35.0 Å². The third kappa shape index (κ3) is 5.02. The minimum atomic E-state index is -0.711. The van der Waals surface area contributed by atoms with Gasteiger partial charge < -0.3 is 10.0 Å². The van der Waals surface area contributed by atoms with Crippen LogP contribution in [0, 0.1) is 0 Å². The fourth-order valence-electron chi connectivity index (χ4n) is 5.47. The minimum Gasteiger partial charge on any atom is -0.481 e. The van der Waals surface area contributed by atoms with Gasteiger partial charge in [0.05, 0.1) is 5.41 Å². The lowest BCUT2D eigenvalue weighted by Gasteiger charge is -2.15.